The number of alkyl halides is 3. The predicted molar refractivity (Wildman–Crippen MR) is 141 cm³/mol. The van der Waals surface area contributed by atoms with Gasteiger partial charge in [-0.1, -0.05) is 30.3 Å². The number of hydrogen-bond acceptors (Lipinski definition) is 6. The van der Waals surface area contributed by atoms with Crippen LogP contribution in [0.2, 0.25) is 0 Å². The lowest BCUT2D eigenvalue weighted by Gasteiger charge is -2.15. The Morgan fingerprint density at radius 2 is 1.92 bits per heavy atom. The predicted octanol–water partition coefficient (Wildman–Crippen LogP) is 4.57. The van der Waals surface area contributed by atoms with Crippen LogP contribution in [0.25, 0.3) is 22.3 Å². The first kappa shape index (κ1) is 27.1. The number of halogens is 3. The molecule has 11 heteroatoms. The van der Waals surface area contributed by atoms with E-state index >= 15 is 0 Å². The normalized spacial score (nSPS) is 11.6. The number of methoxy groups -OCH3 is 1. The maximum atomic E-state index is 13.4. The molecule has 3 aromatic carbocycles. The highest BCUT2D eigenvalue weighted by atomic mass is 19.4. The molecule has 0 bridgehead atoms. The largest absolute Gasteiger partial charge is 0.493 e. The van der Waals surface area contributed by atoms with E-state index in [0.29, 0.717) is 28.8 Å². The Bertz CT molecular complexity index is 1640. The first-order valence-corrected chi connectivity index (χ1v) is 11.6. The van der Waals surface area contributed by atoms with Gasteiger partial charge in [-0.3, -0.25) is 9.59 Å². The highest BCUT2D eigenvalue weighted by Gasteiger charge is 2.31. The number of fused-ring (bicyclic) bond motifs is 1. The fraction of sp³-hybridized carbons (Fsp3) is 0.143. The standard InChI is InChI=1S/C28H23F3N4O4/c1-3-7-18-12-17(13-23(38-2)25(18)39-16-24(32)36)15-33-35-26(19-8-6-9-20(14-19)28(29,30)31)34-22-11-5-4-10-21(22)27(35)37/h3-6,8-15H,1,7,16H2,2H3,(H2,32,36). The van der Waals surface area contributed by atoms with Crippen LogP contribution in [0.4, 0.5) is 13.2 Å². The molecule has 0 saturated heterocycles. The number of allylic oxidation sites excluding steroid dienone is 1. The molecule has 0 unspecified atom stereocenters. The highest BCUT2D eigenvalue weighted by Crippen LogP contribution is 2.34. The van der Waals surface area contributed by atoms with Gasteiger partial charge in [0.15, 0.2) is 23.9 Å². The molecule has 0 spiro atoms. The number of para-hydroxylation sites is 1. The maximum Gasteiger partial charge on any atom is 0.416 e. The number of aromatic nitrogens is 2. The van der Waals surface area contributed by atoms with Crippen molar-refractivity contribution in [3.63, 3.8) is 0 Å². The van der Waals surface area contributed by atoms with Gasteiger partial charge in [-0.2, -0.15) is 22.9 Å². The van der Waals surface area contributed by atoms with E-state index in [1.54, 1.807) is 42.5 Å². The molecular weight excluding hydrogens is 513 g/mol. The third-order valence-electron chi connectivity index (χ3n) is 5.62. The van der Waals surface area contributed by atoms with Crippen LogP contribution in [0.3, 0.4) is 0 Å². The quantitative estimate of drug-likeness (QED) is 0.249. The van der Waals surface area contributed by atoms with Gasteiger partial charge < -0.3 is 15.2 Å². The average Bonchev–Trinajstić information content (AvgIpc) is 2.91. The minimum Gasteiger partial charge on any atom is -0.493 e. The molecule has 0 aliphatic heterocycles. The van der Waals surface area contributed by atoms with Crippen LogP contribution in [-0.4, -0.2) is 35.5 Å². The lowest BCUT2D eigenvalue weighted by Crippen LogP contribution is -2.21. The zero-order chi connectivity index (χ0) is 28.2. The van der Waals surface area contributed by atoms with Gasteiger partial charge in [0, 0.05) is 11.1 Å². The van der Waals surface area contributed by atoms with E-state index in [1.165, 1.54) is 25.5 Å². The monoisotopic (exact) mass is 536 g/mol. The smallest absolute Gasteiger partial charge is 0.416 e. The van der Waals surface area contributed by atoms with Crippen LogP contribution in [0.15, 0.2) is 83.2 Å². The Labute approximate surface area is 220 Å². The maximum absolute atomic E-state index is 13.4. The molecule has 0 fully saturated rings. The summed E-state index contributed by atoms with van der Waals surface area (Å²) in [5.74, 6) is -0.167. The second-order valence-corrected chi connectivity index (χ2v) is 8.35. The third-order valence-corrected chi connectivity index (χ3v) is 5.62. The Hall–Kier alpha value is -4.93. The number of rotatable bonds is 9. The molecule has 4 rings (SSSR count). The first-order chi connectivity index (χ1) is 18.6. The zero-order valence-corrected chi connectivity index (χ0v) is 20.7. The van der Waals surface area contributed by atoms with Gasteiger partial charge in [0.1, 0.15) is 0 Å². The summed E-state index contributed by atoms with van der Waals surface area (Å²) in [6.45, 7) is 3.36. The van der Waals surface area contributed by atoms with Crippen LogP contribution in [0.1, 0.15) is 16.7 Å². The summed E-state index contributed by atoms with van der Waals surface area (Å²) < 4.78 is 52.1. The molecule has 0 radical (unpaired) electrons. The van der Waals surface area contributed by atoms with Gasteiger partial charge in [-0.25, -0.2) is 4.98 Å². The number of carbonyl (C=O) groups is 1. The zero-order valence-electron chi connectivity index (χ0n) is 20.7. The van der Waals surface area contributed by atoms with Gasteiger partial charge in [-0.05, 0) is 48.4 Å². The fourth-order valence-corrected chi connectivity index (χ4v) is 3.90. The van der Waals surface area contributed by atoms with E-state index in [9.17, 15) is 22.8 Å². The number of primary amides is 1. The van der Waals surface area contributed by atoms with Crippen LogP contribution in [0, 0.1) is 0 Å². The van der Waals surface area contributed by atoms with Crippen molar-refractivity contribution in [2.24, 2.45) is 10.8 Å². The Kier molecular flexibility index (Phi) is 7.80. The van der Waals surface area contributed by atoms with Crippen molar-refractivity contribution in [2.75, 3.05) is 13.7 Å². The average molecular weight is 537 g/mol. The number of nitrogens with two attached hydrogens (primary N) is 1. The lowest BCUT2D eigenvalue weighted by atomic mass is 10.1. The number of ether oxygens (including phenoxy) is 2. The van der Waals surface area contributed by atoms with Gasteiger partial charge >= 0.3 is 6.18 Å². The summed E-state index contributed by atoms with van der Waals surface area (Å²) in [5, 5.41) is 4.56. The molecular formula is C28H23F3N4O4. The number of nitrogens with zero attached hydrogens (tertiary/aromatic N) is 3. The minimum absolute atomic E-state index is 0.0601. The molecule has 1 aromatic heterocycles. The molecule has 0 saturated carbocycles. The number of carbonyl (C=O) groups excluding carboxylic acids is 1. The van der Waals surface area contributed by atoms with Gasteiger partial charge in [-0.15, -0.1) is 6.58 Å². The minimum atomic E-state index is -4.59. The van der Waals surface area contributed by atoms with E-state index < -0.39 is 23.2 Å². The molecule has 8 nitrogen and oxygen atoms in total. The van der Waals surface area contributed by atoms with E-state index in [2.05, 4.69) is 16.7 Å². The summed E-state index contributed by atoms with van der Waals surface area (Å²) in [6.07, 6.45) is -1.27. The van der Waals surface area contributed by atoms with Crippen LogP contribution in [-0.2, 0) is 17.4 Å². The lowest BCUT2D eigenvalue weighted by molar-refractivity contribution is -0.137. The highest BCUT2D eigenvalue weighted by molar-refractivity contribution is 5.83. The number of amides is 1. The van der Waals surface area contributed by atoms with Crippen LogP contribution < -0.4 is 20.8 Å². The molecule has 0 aliphatic rings. The van der Waals surface area contributed by atoms with Crippen molar-refractivity contribution in [3.8, 4) is 22.9 Å². The third kappa shape index (κ3) is 5.98. The summed E-state index contributed by atoms with van der Waals surface area (Å²) in [4.78, 5) is 29.1. The van der Waals surface area contributed by atoms with Crippen molar-refractivity contribution in [1.82, 2.24) is 9.66 Å². The second kappa shape index (κ2) is 11.2. The fourth-order valence-electron chi connectivity index (χ4n) is 3.90. The van der Waals surface area contributed by atoms with Gasteiger partial charge in [0.2, 0.25) is 0 Å². The Morgan fingerprint density at radius 3 is 2.62 bits per heavy atom. The van der Waals surface area contributed by atoms with Crippen molar-refractivity contribution >= 4 is 23.0 Å². The van der Waals surface area contributed by atoms with Crippen molar-refractivity contribution < 1.29 is 27.4 Å². The van der Waals surface area contributed by atoms with E-state index in [4.69, 9.17) is 15.2 Å². The van der Waals surface area contributed by atoms with Gasteiger partial charge in [0.25, 0.3) is 11.5 Å². The van der Waals surface area contributed by atoms with E-state index in [1.807, 2.05) is 0 Å². The summed E-state index contributed by atoms with van der Waals surface area (Å²) in [7, 11) is 1.41. The summed E-state index contributed by atoms with van der Waals surface area (Å²) in [5.41, 5.74) is 5.20. The van der Waals surface area contributed by atoms with Crippen LogP contribution in [0.5, 0.6) is 11.5 Å². The Morgan fingerprint density at radius 1 is 1.15 bits per heavy atom. The molecule has 200 valence electrons. The molecule has 1 heterocycles. The molecule has 0 aliphatic carbocycles. The molecule has 0 atom stereocenters. The van der Waals surface area contributed by atoms with Crippen molar-refractivity contribution in [1.29, 1.82) is 0 Å². The number of hydrogen-bond donors (Lipinski definition) is 1. The molecule has 1 amide bonds. The van der Waals surface area contributed by atoms with Crippen molar-refractivity contribution in [2.45, 2.75) is 12.6 Å². The second-order valence-electron chi connectivity index (χ2n) is 8.35. The SMILES string of the molecule is C=CCc1cc(C=Nn2c(-c3cccc(C(F)(F)F)c3)nc3ccccc3c2=O)cc(OC)c1OCC(N)=O. The topological polar surface area (TPSA) is 109 Å². The van der Waals surface area contributed by atoms with E-state index in [-0.39, 0.29) is 29.1 Å². The molecule has 2 N–H and O–H groups in total. The molecule has 4 aromatic rings. The summed E-state index contributed by atoms with van der Waals surface area (Å²) >= 11 is 0. The van der Waals surface area contributed by atoms with Gasteiger partial charge in [0.05, 0.1) is 29.8 Å². The number of benzene rings is 3. The van der Waals surface area contributed by atoms with Crippen LogP contribution >= 0.6 is 0 Å². The van der Waals surface area contributed by atoms with E-state index in [0.717, 1.165) is 16.8 Å². The van der Waals surface area contributed by atoms with Crippen molar-refractivity contribution in [3.05, 3.63) is 100 Å². The summed E-state index contributed by atoms with van der Waals surface area (Å²) in [6, 6.07) is 14.3. The molecule has 39 heavy (non-hydrogen) atoms. The Balaban J connectivity index is 1.88. The first-order valence-electron chi connectivity index (χ1n) is 11.6.